The lowest BCUT2D eigenvalue weighted by molar-refractivity contribution is -0.136. The van der Waals surface area contributed by atoms with Gasteiger partial charge in [-0.05, 0) is 44.0 Å². The third-order valence-corrected chi connectivity index (χ3v) is 3.87. The number of ether oxygens (including phenoxy) is 1. The van der Waals surface area contributed by atoms with E-state index in [9.17, 15) is 14.4 Å². The van der Waals surface area contributed by atoms with Crippen LogP contribution in [0.5, 0.6) is 0 Å². The molecule has 0 unspecified atom stereocenters. The maximum Gasteiger partial charge on any atom is 0.355 e. The first-order chi connectivity index (χ1) is 10.9. The van der Waals surface area contributed by atoms with E-state index in [0.717, 1.165) is 16.0 Å². The zero-order valence-electron chi connectivity index (χ0n) is 13.1. The van der Waals surface area contributed by atoms with E-state index in [1.165, 1.54) is 0 Å². The highest BCUT2D eigenvalue weighted by Gasteiger charge is 2.55. The van der Waals surface area contributed by atoms with Gasteiger partial charge in [0.15, 0.2) is 5.71 Å². The topological polar surface area (TPSA) is 88.1 Å². The number of hydrazone groups is 1. The smallest absolute Gasteiger partial charge is 0.355 e. The quantitative estimate of drug-likeness (QED) is 0.655. The lowest BCUT2D eigenvalue weighted by atomic mass is 9.99. The van der Waals surface area contributed by atoms with Crippen molar-refractivity contribution in [3.63, 3.8) is 0 Å². The molecule has 2 aliphatic rings. The lowest BCUT2D eigenvalue weighted by Gasteiger charge is -2.17. The summed E-state index contributed by atoms with van der Waals surface area (Å²) in [4.78, 5) is 38.3. The fourth-order valence-electron chi connectivity index (χ4n) is 3.00. The monoisotopic (exact) mass is 315 g/mol. The summed E-state index contributed by atoms with van der Waals surface area (Å²) in [5, 5.41) is 3.83. The molecule has 3 rings (SSSR count). The molecule has 2 amide bonds. The number of nitrogens with zero attached hydrogens (tertiary/aromatic N) is 2. The number of imide groups is 1. The summed E-state index contributed by atoms with van der Waals surface area (Å²) < 4.78 is 4.90. The van der Waals surface area contributed by atoms with Crippen LogP contribution in [0, 0.1) is 19.8 Å². The molecule has 1 N–H and O–H groups in total. The van der Waals surface area contributed by atoms with Crippen LogP contribution >= 0.6 is 0 Å². The molecule has 1 aromatic rings. The van der Waals surface area contributed by atoms with E-state index in [-0.39, 0.29) is 12.3 Å². The molecule has 0 aliphatic carbocycles. The molecule has 1 fully saturated rings. The number of esters is 1. The Morgan fingerprint density at radius 3 is 2.48 bits per heavy atom. The van der Waals surface area contributed by atoms with E-state index in [4.69, 9.17) is 4.74 Å². The summed E-state index contributed by atoms with van der Waals surface area (Å²) in [6, 6.07) is 4.65. The molecular formula is C16H17N3O4. The number of benzene rings is 1. The Morgan fingerprint density at radius 2 is 1.87 bits per heavy atom. The van der Waals surface area contributed by atoms with Gasteiger partial charge < -0.3 is 4.74 Å². The molecule has 0 saturated carbocycles. The SMILES string of the molecule is CCOC(=O)C1=NN[C@@H]2C(=O)N(c3cc(C)cc(C)c3)C(=O)[C@H]12. The molecule has 1 aromatic carbocycles. The number of aryl methyl sites for hydroxylation is 2. The molecule has 0 aromatic heterocycles. The molecular weight excluding hydrogens is 298 g/mol. The predicted molar refractivity (Wildman–Crippen MR) is 82.9 cm³/mol. The van der Waals surface area contributed by atoms with Crippen molar-refractivity contribution in [3.8, 4) is 0 Å². The minimum absolute atomic E-state index is 0.0397. The minimum Gasteiger partial charge on any atom is -0.461 e. The Balaban J connectivity index is 1.95. The fraction of sp³-hybridized carbons (Fsp3) is 0.375. The maximum atomic E-state index is 12.7. The highest BCUT2D eigenvalue weighted by molar-refractivity contribution is 6.46. The van der Waals surface area contributed by atoms with Gasteiger partial charge in [0.25, 0.3) is 5.91 Å². The number of nitrogens with one attached hydrogen (secondary N) is 1. The van der Waals surface area contributed by atoms with Crippen molar-refractivity contribution in [2.75, 3.05) is 11.5 Å². The van der Waals surface area contributed by atoms with Crippen molar-refractivity contribution in [1.29, 1.82) is 0 Å². The van der Waals surface area contributed by atoms with Gasteiger partial charge in [0.1, 0.15) is 12.0 Å². The summed E-state index contributed by atoms with van der Waals surface area (Å²) in [5.74, 6) is -2.46. The van der Waals surface area contributed by atoms with Gasteiger partial charge in [-0.15, -0.1) is 0 Å². The number of hydrogen-bond donors (Lipinski definition) is 1. The number of carbonyl (C=O) groups is 3. The Hall–Kier alpha value is -2.70. The van der Waals surface area contributed by atoms with Gasteiger partial charge in [-0.3, -0.25) is 15.0 Å². The van der Waals surface area contributed by atoms with Gasteiger partial charge in [-0.2, -0.15) is 5.10 Å². The van der Waals surface area contributed by atoms with Crippen LogP contribution in [0.25, 0.3) is 0 Å². The van der Waals surface area contributed by atoms with Crippen LogP contribution in [0.15, 0.2) is 23.3 Å². The maximum absolute atomic E-state index is 12.7. The predicted octanol–water partition coefficient (Wildman–Crippen LogP) is 0.684. The largest absolute Gasteiger partial charge is 0.461 e. The zero-order valence-corrected chi connectivity index (χ0v) is 13.1. The minimum atomic E-state index is -0.928. The van der Waals surface area contributed by atoms with E-state index in [0.29, 0.717) is 5.69 Å². The molecule has 0 bridgehead atoms. The highest BCUT2D eigenvalue weighted by atomic mass is 16.5. The van der Waals surface area contributed by atoms with Crippen LogP contribution in [0.1, 0.15) is 18.1 Å². The first kappa shape index (κ1) is 15.2. The molecule has 120 valence electrons. The third-order valence-electron chi connectivity index (χ3n) is 3.87. The van der Waals surface area contributed by atoms with Crippen molar-refractivity contribution in [3.05, 3.63) is 29.3 Å². The molecule has 2 aliphatic heterocycles. The Bertz CT molecular complexity index is 721. The number of fused-ring (bicyclic) bond motifs is 1. The van der Waals surface area contributed by atoms with Crippen LogP contribution in [-0.4, -0.2) is 36.1 Å². The average Bonchev–Trinajstić information content (AvgIpc) is 2.99. The zero-order chi connectivity index (χ0) is 16.7. The standard InChI is InChI=1S/C16H17N3O4/c1-4-23-16(22)13-11-12(17-18-13)15(21)19(14(11)20)10-6-8(2)5-9(3)7-10/h5-7,11-12,17H,4H2,1-3H3/t11-,12-/m0/s1. The lowest BCUT2D eigenvalue weighted by Crippen LogP contribution is -2.36. The van der Waals surface area contributed by atoms with Crippen LogP contribution in [0.3, 0.4) is 0 Å². The van der Waals surface area contributed by atoms with Crippen molar-refractivity contribution < 1.29 is 19.1 Å². The molecule has 7 nitrogen and oxygen atoms in total. The number of amides is 2. The first-order valence-corrected chi connectivity index (χ1v) is 7.40. The Labute approximate surface area is 133 Å². The Morgan fingerprint density at radius 1 is 1.22 bits per heavy atom. The van der Waals surface area contributed by atoms with Gasteiger partial charge in [0, 0.05) is 0 Å². The molecule has 0 spiro atoms. The Kier molecular flexibility index (Phi) is 3.63. The molecule has 23 heavy (non-hydrogen) atoms. The summed E-state index contributed by atoms with van der Waals surface area (Å²) in [6.45, 7) is 5.64. The second-order valence-electron chi connectivity index (χ2n) is 5.66. The summed E-state index contributed by atoms with van der Waals surface area (Å²) >= 11 is 0. The second kappa shape index (κ2) is 5.49. The normalized spacial score (nSPS) is 22.7. The fourth-order valence-corrected chi connectivity index (χ4v) is 3.00. The number of rotatable bonds is 3. The van der Waals surface area contributed by atoms with Crippen LogP contribution in [0.2, 0.25) is 0 Å². The molecule has 2 atom stereocenters. The summed E-state index contributed by atoms with van der Waals surface area (Å²) in [5.41, 5.74) is 4.96. The molecule has 0 radical (unpaired) electrons. The average molecular weight is 315 g/mol. The van der Waals surface area contributed by atoms with Crippen LogP contribution in [-0.2, 0) is 19.1 Å². The first-order valence-electron chi connectivity index (χ1n) is 7.40. The number of carbonyl (C=O) groups excluding carboxylic acids is 3. The van der Waals surface area contributed by atoms with E-state index >= 15 is 0 Å². The van der Waals surface area contributed by atoms with Crippen LogP contribution in [0.4, 0.5) is 5.69 Å². The summed E-state index contributed by atoms with van der Waals surface area (Å²) in [7, 11) is 0. The van der Waals surface area contributed by atoms with Gasteiger partial charge in [-0.1, -0.05) is 6.07 Å². The van der Waals surface area contributed by atoms with E-state index in [1.54, 1.807) is 19.1 Å². The number of anilines is 1. The van der Waals surface area contributed by atoms with Crippen molar-refractivity contribution in [2.24, 2.45) is 11.0 Å². The van der Waals surface area contributed by atoms with Gasteiger partial charge in [0.2, 0.25) is 5.91 Å². The van der Waals surface area contributed by atoms with Crippen molar-refractivity contribution >= 4 is 29.2 Å². The summed E-state index contributed by atoms with van der Waals surface area (Å²) in [6.07, 6.45) is 0. The van der Waals surface area contributed by atoms with Crippen molar-refractivity contribution in [1.82, 2.24) is 5.43 Å². The molecule has 2 heterocycles. The van der Waals surface area contributed by atoms with Gasteiger partial charge >= 0.3 is 5.97 Å². The second-order valence-corrected chi connectivity index (χ2v) is 5.66. The van der Waals surface area contributed by atoms with E-state index in [2.05, 4.69) is 10.5 Å². The van der Waals surface area contributed by atoms with E-state index in [1.807, 2.05) is 19.9 Å². The van der Waals surface area contributed by atoms with Gasteiger partial charge in [0.05, 0.1) is 12.3 Å². The van der Waals surface area contributed by atoms with Crippen molar-refractivity contribution in [2.45, 2.75) is 26.8 Å². The van der Waals surface area contributed by atoms with E-state index < -0.39 is 29.7 Å². The molecule has 1 saturated heterocycles. The highest BCUT2D eigenvalue weighted by Crippen LogP contribution is 2.31. The van der Waals surface area contributed by atoms with Crippen LogP contribution < -0.4 is 10.3 Å². The number of hydrogen-bond acceptors (Lipinski definition) is 6. The third kappa shape index (κ3) is 2.38. The molecule has 7 heteroatoms. The van der Waals surface area contributed by atoms with Gasteiger partial charge in [-0.25, -0.2) is 9.69 Å².